The number of nitrogens with zero attached hydrogens (tertiary/aromatic N) is 1. The Labute approximate surface area is 91.8 Å². The summed E-state index contributed by atoms with van der Waals surface area (Å²) in [6.45, 7) is 1.36. The molecule has 1 heterocycles. The Hall–Kier alpha value is 0.425. The molecular weight excluding hydrogens is 220 g/mol. The van der Waals surface area contributed by atoms with E-state index in [9.17, 15) is 0 Å². The zero-order chi connectivity index (χ0) is 10.6. The zero-order valence-electron chi connectivity index (χ0n) is 7.65. The molecule has 7 heteroatoms. The Balaban J connectivity index is 2.49. The summed E-state index contributed by atoms with van der Waals surface area (Å²) in [5, 5.41) is 0. The van der Waals surface area contributed by atoms with Crippen LogP contribution in [-0.2, 0) is 4.74 Å². The molecule has 0 aliphatic carbocycles. The molecule has 0 bridgehead atoms. The number of ether oxygens (including phenoxy) is 1. The Bertz CT molecular complexity index is 195. The van der Waals surface area contributed by atoms with Crippen LogP contribution in [0.25, 0.3) is 0 Å². The third kappa shape index (κ3) is 4.78. The van der Waals surface area contributed by atoms with Crippen LogP contribution in [-0.4, -0.2) is 47.1 Å². The van der Waals surface area contributed by atoms with Gasteiger partial charge in [-0.2, -0.15) is 0 Å². The maximum Gasteiger partial charge on any atom is 0.191 e. The summed E-state index contributed by atoms with van der Waals surface area (Å²) < 4.78 is 7.23. The molecule has 2 N–H and O–H groups in total. The molecule has 1 saturated heterocycles. The summed E-state index contributed by atoms with van der Waals surface area (Å²) in [7, 11) is 3.65. The van der Waals surface area contributed by atoms with Gasteiger partial charge in [0.05, 0.1) is 6.10 Å². The van der Waals surface area contributed by atoms with E-state index in [2.05, 4.69) is 12.8 Å². The topological polar surface area (TPSA) is 52.9 Å². The average molecular weight is 233 g/mol. The van der Waals surface area contributed by atoms with E-state index in [4.69, 9.17) is 22.4 Å². The fourth-order valence-electron chi connectivity index (χ4n) is 1.19. The van der Waals surface area contributed by atoms with Crippen molar-refractivity contribution in [1.82, 2.24) is 4.31 Å². The van der Waals surface area contributed by atoms with Crippen LogP contribution >= 0.6 is 21.2 Å². The first-order valence-electron chi connectivity index (χ1n) is 4.28. The molecular formula is C7H13BNO3PS. The molecule has 0 aromatic rings. The summed E-state index contributed by atoms with van der Waals surface area (Å²) >= 11 is 4.22. The van der Waals surface area contributed by atoms with E-state index in [0.717, 1.165) is 13.0 Å². The molecule has 78 valence electrons. The fraction of sp³-hybridized carbons (Fsp3) is 0.714. The molecule has 0 aromatic carbocycles. The first-order chi connectivity index (χ1) is 6.58. The van der Waals surface area contributed by atoms with Crippen LogP contribution in [0.3, 0.4) is 0 Å². The Kier molecular flexibility index (Phi) is 5.45. The normalized spacial score (nSPS) is 31.1. The highest BCUT2D eigenvalue weighted by atomic mass is 32.1. The van der Waals surface area contributed by atoms with Crippen LogP contribution in [0.15, 0.2) is 11.9 Å². The highest BCUT2D eigenvalue weighted by Crippen LogP contribution is 2.25. The molecule has 1 aliphatic rings. The average Bonchev–Trinajstić information content (AvgIpc) is 2.25. The van der Waals surface area contributed by atoms with Gasteiger partial charge in [0.15, 0.2) is 8.38 Å². The lowest BCUT2D eigenvalue weighted by Crippen LogP contribution is -2.24. The van der Waals surface area contributed by atoms with Crippen LogP contribution in [0.4, 0.5) is 0 Å². The quantitative estimate of drug-likeness (QED) is 0.363. The Morgan fingerprint density at radius 2 is 2.29 bits per heavy atom. The summed E-state index contributed by atoms with van der Waals surface area (Å²) in [6, 6.07) is -0.314. The molecule has 1 aliphatic heterocycles. The lowest BCUT2D eigenvalue weighted by atomic mass is 9.97. The van der Waals surface area contributed by atoms with Gasteiger partial charge < -0.3 is 14.5 Å². The third-order valence-electron chi connectivity index (χ3n) is 1.85. The van der Waals surface area contributed by atoms with Gasteiger partial charge >= 0.3 is 0 Å². The van der Waals surface area contributed by atoms with Gasteiger partial charge in [-0.3, -0.25) is 4.31 Å². The summed E-state index contributed by atoms with van der Waals surface area (Å²) in [6.07, 6.45) is 2.11. The standard InChI is InChI=1S/C7H13BNO3PS/c8-7-1-3-9(14)5-6(12-7)2-4-13(10)11/h2,4,6-7,10-11,14H,1,3,5H2/b4-2+. The van der Waals surface area contributed by atoms with E-state index in [-0.39, 0.29) is 12.1 Å². The molecule has 0 aromatic heterocycles. The van der Waals surface area contributed by atoms with Gasteiger partial charge in [0.2, 0.25) is 0 Å². The van der Waals surface area contributed by atoms with E-state index in [1.807, 2.05) is 0 Å². The zero-order valence-corrected chi connectivity index (χ0v) is 9.44. The molecule has 2 unspecified atom stereocenters. The summed E-state index contributed by atoms with van der Waals surface area (Å²) in [5.41, 5.74) is 0. The van der Waals surface area contributed by atoms with Gasteiger partial charge in [0.1, 0.15) is 7.85 Å². The van der Waals surface area contributed by atoms with Gasteiger partial charge in [0, 0.05) is 19.1 Å². The first kappa shape index (κ1) is 12.5. The lowest BCUT2D eigenvalue weighted by molar-refractivity contribution is 0.0697. The second-order valence-corrected chi connectivity index (χ2v) is 4.58. The number of hydrogen-bond donors (Lipinski definition) is 3. The fourth-order valence-corrected chi connectivity index (χ4v) is 1.81. The van der Waals surface area contributed by atoms with Crippen LogP contribution in [0.1, 0.15) is 6.42 Å². The van der Waals surface area contributed by atoms with Crippen LogP contribution < -0.4 is 0 Å². The van der Waals surface area contributed by atoms with Crippen molar-refractivity contribution in [2.75, 3.05) is 13.1 Å². The van der Waals surface area contributed by atoms with Crippen molar-refractivity contribution in [1.29, 1.82) is 0 Å². The number of rotatable bonds is 2. The van der Waals surface area contributed by atoms with Crippen LogP contribution in [0, 0.1) is 0 Å². The first-order valence-corrected chi connectivity index (χ1v) is 5.99. The molecule has 4 nitrogen and oxygen atoms in total. The van der Waals surface area contributed by atoms with Gasteiger partial charge in [-0.1, -0.05) is 12.8 Å². The van der Waals surface area contributed by atoms with Gasteiger partial charge in [-0.05, 0) is 18.3 Å². The highest BCUT2D eigenvalue weighted by Gasteiger charge is 2.18. The predicted molar refractivity (Wildman–Crippen MR) is 60.1 cm³/mol. The van der Waals surface area contributed by atoms with Crippen molar-refractivity contribution in [2.45, 2.75) is 18.5 Å². The second kappa shape index (κ2) is 6.11. The molecule has 0 amide bonds. The molecule has 2 atom stereocenters. The van der Waals surface area contributed by atoms with Crippen molar-refractivity contribution >= 4 is 29.0 Å². The van der Waals surface area contributed by atoms with Crippen molar-refractivity contribution in [3.8, 4) is 0 Å². The maximum absolute atomic E-state index is 8.70. The Morgan fingerprint density at radius 3 is 2.93 bits per heavy atom. The van der Waals surface area contributed by atoms with Crippen LogP contribution in [0.5, 0.6) is 0 Å². The predicted octanol–water partition coefficient (Wildman–Crippen LogP) is 0.227. The minimum Gasteiger partial charge on any atom is -0.379 e. The van der Waals surface area contributed by atoms with Gasteiger partial charge in [-0.25, -0.2) is 0 Å². The van der Waals surface area contributed by atoms with E-state index in [0.29, 0.717) is 6.54 Å². The van der Waals surface area contributed by atoms with Gasteiger partial charge in [-0.15, -0.1) is 0 Å². The largest absolute Gasteiger partial charge is 0.379 e. The number of hydrogen-bond acceptors (Lipinski definition) is 5. The van der Waals surface area contributed by atoms with E-state index in [1.54, 1.807) is 10.4 Å². The maximum atomic E-state index is 8.70. The van der Waals surface area contributed by atoms with Crippen molar-refractivity contribution < 1.29 is 14.5 Å². The molecule has 1 fully saturated rings. The Morgan fingerprint density at radius 1 is 1.57 bits per heavy atom. The van der Waals surface area contributed by atoms with Crippen molar-refractivity contribution in [3.63, 3.8) is 0 Å². The minimum atomic E-state index is -2.01. The number of thiol groups is 1. The van der Waals surface area contributed by atoms with Crippen molar-refractivity contribution in [2.24, 2.45) is 0 Å². The third-order valence-corrected chi connectivity index (χ3v) is 2.65. The van der Waals surface area contributed by atoms with E-state index >= 15 is 0 Å². The minimum absolute atomic E-state index is 0.228. The summed E-state index contributed by atoms with van der Waals surface area (Å²) in [5.74, 6) is 1.32. The molecule has 2 radical (unpaired) electrons. The summed E-state index contributed by atoms with van der Waals surface area (Å²) in [4.78, 5) is 17.4. The highest BCUT2D eigenvalue weighted by molar-refractivity contribution is 7.77. The molecule has 14 heavy (non-hydrogen) atoms. The van der Waals surface area contributed by atoms with Gasteiger partial charge in [0.25, 0.3) is 0 Å². The van der Waals surface area contributed by atoms with E-state index < -0.39 is 8.38 Å². The smallest absolute Gasteiger partial charge is 0.191 e. The van der Waals surface area contributed by atoms with E-state index in [1.165, 1.54) is 5.82 Å². The van der Waals surface area contributed by atoms with Crippen LogP contribution in [0.2, 0.25) is 0 Å². The molecule has 0 saturated carbocycles. The lowest BCUT2D eigenvalue weighted by Gasteiger charge is -2.17. The SMILES string of the molecule is [B]C1CCN(S)CC(/C=C/P(O)O)O1. The van der Waals surface area contributed by atoms with Crippen molar-refractivity contribution in [3.05, 3.63) is 11.9 Å². The molecule has 0 spiro atoms. The monoisotopic (exact) mass is 233 g/mol. The molecule has 1 rings (SSSR count). The second-order valence-electron chi connectivity index (χ2n) is 3.08.